The molecule has 3 aromatic carbocycles. The molecule has 0 fully saturated rings. The molecular formula is C23H23ClN2O4S. The molecule has 1 N–H and O–H groups in total. The number of hydrogen-bond donors (Lipinski definition) is 1. The van der Waals surface area contributed by atoms with Gasteiger partial charge in [0.2, 0.25) is 5.91 Å². The zero-order chi connectivity index (χ0) is 22.3. The summed E-state index contributed by atoms with van der Waals surface area (Å²) in [6.07, 6.45) is 0. The van der Waals surface area contributed by atoms with Gasteiger partial charge in [0.05, 0.1) is 17.1 Å². The number of benzene rings is 3. The van der Waals surface area contributed by atoms with Gasteiger partial charge in [-0.15, -0.1) is 0 Å². The maximum atomic E-state index is 13.2. The highest BCUT2D eigenvalue weighted by Crippen LogP contribution is 2.25. The Hall–Kier alpha value is -3.03. The number of hydrogen-bond acceptors (Lipinski definition) is 4. The van der Waals surface area contributed by atoms with E-state index in [0.29, 0.717) is 16.5 Å². The Labute approximate surface area is 187 Å². The lowest BCUT2D eigenvalue weighted by Gasteiger charge is -2.24. The van der Waals surface area contributed by atoms with Crippen LogP contribution in [-0.2, 0) is 14.8 Å². The molecule has 6 nitrogen and oxygen atoms in total. The fourth-order valence-electron chi connectivity index (χ4n) is 2.92. The third-order valence-corrected chi connectivity index (χ3v) is 6.42. The number of carbonyl (C=O) groups is 1. The summed E-state index contributed by atoms with van der Waals surface area (Å²) in [7, 11) is -3.96. The van der Waals surface area contributed by atoms with Gasteiger partial charge in [-0.05, 0) is 55.0 Å². The molecule has 3 aromatic rings. The fourth-order valence-corrected chi connectivity index (χ4v) is 4.54. The van der Waals surface area contributed by atoms with Gasteiger partial charge in [-0.3, -0.25) is 9.10 Å². The quantitative estimate of drug-likeness (QED) is 0.491. The molecule has 0 bridgehead atoms. The lowest BCUT2D eigenvalue weighted by Crippen LogP contribution is -2.41. The number of halogens is 1. The predicted octanol–water partition coefficient (Wildman–Crippen LogP) is 4.04. The van der Waals surface area contributed by atoms with Gasteiger partial charge in [0, 0.05) is 5.02 Å². The number of carbonyl (C=O) groups excluding carboxylic acids is 1. The molecule has 0 spiro atoms. The van der Waals surface area contributed by atoms with Gasteiger partial charge in [-0.1, -0.05) is 48.0 Å². The molecule has 0 unspecified atom stereocenters. The zero-order valence-corrected chi connectivity index (χ0v) is 18.6. The number of sulfonamides is 1. The van der Waals surface area contributed by atoms with Crippen LogP contribution in [0, 0.1) is 6.92 Å². The van der Waals surface area contributed by atoms with Crippen LogP contribution in [0.15, 0.2) is 83.8 Å². The number of ether oxygens (including phenoxy) is 1. The molecule has 0 heterocycles. The van der Waals surface area contributed by atoms with Gasteiger partial charge >= 0.3 is 0 Å². The predicted molar refractivity (Wildman–Crippen MR) is 122 cm³/mol. The van der Waals surface area contributed by atoms with Crippen molar-refractivity contribution in [3.8, 4) is 5.75 Å². The summed E-state index contributed by atoms with van der Waals surface area (Å²) in [5.41, 5.74) is 1.38. The molecule has 0 saturated carbocycles. The van der Waals surface area contributed by atoms with E-state index in [4.69, 9.17) is 16.3 Å². The maximum Gasteiger partial charge on any atom is 0.264 e. The summed E-state index contributed by atoms with van der Waals surface area (Å²) >= 11 is 6.05. The van der Waals surface area contributed by atoms with E-state index < -0.39 is 15.9 Å². The molecule has 31 heavy (non-hydrogen) atoms. The van der Waals surface area contributed by atoms with E-state index >= 15 is 0 Å². The van der Waals surface area contributed by atoms with Crippen molar-refractivity contribution in [3.05, 3.63) is 89.4 Å². The molecule has 1 amide bonds. The number of amides is 1. The third kappa shape index (κ3) is 6.23. The lowest BCUT2D eigenvalue weighted by molar-refractivity contribution is -0.119. The van der Waals surface area contributed by atoms with Crippen molar-refractivity contribution in [2.75, 3.05) is 24.0 Å². The summed E-state index contributed by atoms with van der Waals surface area (Å²) in [6.45, 7) is 2.08. The van der Waals surface area contributed by atoms with Crippen molar-refractivity contribution in [1.29, 1.82) is 0 Å². The molecule has 162 valence electrons. The highest BCUT2D eigenvalue weighted by Gasteiger charge is 2.27. The van der Waals surface area contributed by atoms with Crippen LogP contribution in [0.2, 0.25) is 5.02 Å². The lowest BCUT2D eigenvalue weighted by atomic mass is 10.2. The normalized spacial score (nSPS) is 11.0. The van der Waals surface area contributed by atoms with Crippen LogP contribution in [0.25, 0.3) is 0 Å². The number of nitrogens with one attached hydrogen (secondary N) is 1. The van der Waals surface area contributed by atoms with E-state index in [0.717, 1.165) is 9.87 Å². The minimum absolute atomic E-state index is 0.0885. The fraction of sp³-hybridized carbons (Fsp3) is 0.174. The van der Waals surface area contributed by atoms with Crippen molar-refractivity contribution in [2.45, 2.75) is 11.8 Å². The van der Waals surface area contributed by atoms with Crippen LogP contribution in [0.4, 0.5) is 5.69 Å². The van der Waals surface area contributed by atoms with E-state index in [1.54, 1.807) is 36.4 Å². The van der Waals surface area contributed by atoms with Crippen molar-refractivity contribution >= 4 is 33.2 Å². The summed E-state index contributed by atoms with van der Waals surface area (Å²) in [4.78, 5) is 12.6. The first-order chi connectivity index (χ1) is 14.9. The molecular weight excluding hydrogens is 436 g/mol. The van der Waals surface area contributed by atoms with Gasteiger partial charge < -0.3 is 10.1 Å². The van der Waals surface area contributed by atoms with Crippen LogP contribution in [-0.4, -0.2) is 34.0 Å². The SMILES string of the molecule is Cc1cccc(OCCNC(=O)CN(c2cccc(Cl)c2)S(=O)(=O)c2ccccc2)c1. The van der Waals surface area contributed by atoms with E-state index in [1.165, 1.54) is 18.2 Å². The van der Waals surface area contributed by atoms with Crippen molar-refractivity contribution in [1.82, 2.24) is 5.32 Å². The van der Waals surface area contributed by atoms with E-state index in [2.05, 4.69) is 5.32 Å². The second-order valence-corrected chi connectivity index (χ2v) is 9.12. The van der Waals surface area contributed by atoms with Gasteiger partial charge in [-0.25, -0.2) is 8.42 Å². The molecule has 8 heteroatoms. The first-order valence-electron chi connectivity index (χ1n) is 9.66. The zero-order valence-electron chi connectivity index (χ0n) is 17.0. The Balaban J connectivity index is 1.69. The first-order valence-corrected chi connectivity index (χ1v) is 11.5. The average Bonchev–Trinajstić information content (AvgIpc) is 2.75. The van der Waals surface area contributed by atoms with Crippen molar-refractivity contribution < 1.29 is 17.9 Å². The molecule has 0 aromatic heterocycles. The second kappa shape index (κ2) is 10.3. The Morgan fingerprint density at radius 3 is 2.45 bits per heavy atom. The van der Waals surface area contributed by atoms with Gasteiger partial charge in [-0.2, -0.15) is 0 Å². The van der Waals surface area contributed by atoms with E-state index in [-0.39, 0.29) is 24.6 Å². The number of rotatable bonds is 9. The monoisotopic (exact) mass is 458 g/mol. The number of aryl methyl sites for hydroxylation is 1. The van der Waals surface area contributed by atoms with Crippen LogP contribution in [0.1, 0.15) is 5.56 Å². The van der Waals surface area contributed by atoms with Crippen molar-refractivity contribution in [3.63, 3.8) is 0 Å². The Bertz CT molecular complexity index is 1140. The van der Waals surface area contributed by atoms with E-state index in [9.17, 15) is 13.2 Å². The van der Waals surface area contributed by atoms with Gasteiger partial charge in [0.1, 0.15) is 18.9 Å². The van der Waals surface area contributed by atoms with Gasteiger partial charge in [0.25, 0.3) is 10.0 Å². The molecule has 0 aliphatic rings. The smallest absolute Gasteiger partial charge is 0.264 e. The van der Waals surface area contributed by atoms with Crippen LogP contribution in [0.5, 0.6) is 5.75 Å². The Kier molecular flexibility index (Phi) is 7.55. The standard InChI is InChI=1S/C23H23ClN2O4S/c1-18-7-5-10-21(15-18)30-14-13-25-23(27)17-26(20-9-6-8-19(24)16-20)31(28,29)22-11-3-2-4-12-22/h2-12,15-16H,13-14,17H2,1H3,(H,25,27). The minimum Gasteiger partial charge on any atom is -0.492 e. The largest absolute Gasteiger partial charge is 0.492 e. The highest BCUT2D eigenvalue weighted by molar-refractivity contribution is 7.92. The minimum atomic E-state index is -3.96. The third-order valence-electron chi connectivity index (χ3n) is 4.40. The summed E-state index contributed by atoms with van der Waals surface area (Å²) < 4.78 is 33.1. The molecule has 0 saturated heterocycles. The first kappa shape index (κ1) is 22.7. The maximum absolute atomic E-state index is 13.2. The van der Waals surface area contributed by atoms with E-state index in [1.807, 2.05) is 31.2 Å². The molecule has 0 radical (unpaired) electrons. The summed E-state index contributed by atoms with van der Waals surface area (Å²) in [5, 5.41) is 3.08. The molecule has 0 atom stereocenters. The Morgan fingerprint density at radius 2 is 1.74 bits per heavy atom. The second-order valence-electron chi connectivity index (χ2n) is 6.82. The Morgan fingerprint density at radius 1 is 1.00 bits per heavy atom. The molecule has 3 rings (SSSR count). The van der Waals surface area contributed by atoms with Crippen molar-refractivity contribution in [2.24, 2.45) is 0 Å². The number of anilines is 1. The van der Waals surface area contributed by atoms with Crippen LogP contribution in [0.3, 0.4) is 0 Å². The number of nitrogens with zero attached hydrogens (tertiary/aromatic N) is 1. The van der Waals surface area contributed by atoms with Gasteiger partial charge in [0.15, 0.2) is 0 Å². The van der Waals surface area contributed by atoms with Crippen LogP contribution < -0.4 is 14.4 Å². The molecule has 0 aliphatic heterocycles. The summed E-state index contributed by atoms with van der Waals surface area (Å²) in [6, 6.07) is 21.9. The average molecular weight is 459 g/mol. The van der Waals surface area contributed by atoms with Crippen LogP contribution >= 0.6 is 11.6 Å². The summed E-state index contributed by atoms with van der Waals surface area (Å²) in [5.74, 6) is 0.258. The topological polar surface area (TPSA) is 75.7 Å². The highest BCUT2D eigenvalue weighted by atomic mass is 35.5. The molecule has 0 aliphatic carbocycles.